The molecule has 0 fully saturated rings. The van der Waals surface area contributed by atoms with Crippen molar-refractivity contribution in [3.8, 4) is 11.4 Å². The van der Waals surface area contributed by atoms with E-state index in [1.807, 2.05) is 11.5 Å². The number of anilines is 1. The zero-order valence-corrected chi connectivity index (χ0v) is 17.4. The van der Waals surface area contributed by atoms with Gasteiger partial charge in [0.25, 0.3) is 5.91 Å². The summed E-state index contributed by atoms with van der Waals surface area (Å²) in [6.07, 6.45) is 0. The fraction of sp³-hybridized carbons (Fsp3) is 0.263. The van der Waals surface area contributed by atoms with Gasteiger partial charge in [-0.2, -0.15) is 0 Å². The van der Waals surface area contributed by atoms with Gasteiger partial charge in [-0.3, -0.25) is 14.2 Å². The smallest absolute Gasteiger partial charge is 0.250 e. The molecule has 0 saturated heterocycles. The van der Waals surface area contributed by atoms with Gasteiger partial charge in [-0.1, -0.05) is 23.9 Å². The fourth-order valence-electron chi connectivity index (χ4n) is 2.72. The van der Waals surface area contributed by atoms with Crippen molar-refractivity contribution in [1.29, 1.82) is 0 Å². The fourth-order valence-corrected chi connectivity index (χ4v) is 4.27. The number of aromatic nitrogens is 3. The number of nitrogens with zero attached hydrogens (tertiary/aromatic N) is 3. The lowest BCUT2D eigenvalue weighted by atomic mass is 10.1. The predicted molar refractivity (Wildman–Crippen MR) is 113 cm³/mol. The number of hydrogen-bond donors (Lipinski definition) is 2. The van der Waals surface area contributed by atoms with Crippen LogP contribution in [0.15, 0.2) is 40.9 Å². The Morgan fingerprint density at radius 3 is 2.68 bits per heavy atom. The van der Waals surface area contributed by atoms with Gasteiger partial charge in [-0.15, -0.1) is 21.5 Å². The zero-order chi connectivity index (χ0) is 20.3. The topological polar surface area (TPSA) is 103 Å². The Labute approximate surface area is 171 Å². The first-order valence-corrected chi connectivity index (χ1v) is 10.5. The van der Waals surface area contributed by atoms with E-state index >= 15 is 0 Å². The third kappa shape index (κ3) is 4.42. The molecule has 3 N–H and O–H groups in total. The highest BCUT2D eigenvalue weighted by Crippen LogP contribution is 2.30. The lowest BCUT2D eigenvalue weighted by Gasteiger charge is -2.13. The highest BCUT2D eigenvalue weighted by atomic mass is 32.2. The van der Waals surface area contributed by atoms with E-state index in [0.29, 0.717) is 10.8 Å². The van der Waals surface area contributed by atoms with Gasteiger partial charge in [-0.05, 0) is 39.0 Å². The number of carbonyl (C=O) groups excluding carboxylic acids is 2. The van der Waals surface area contributed by atoms with E-state index < -0.39 is 5.91 Å². The molecule has 2 amide bonds. The SMILES string of the molecule is Cc1cc(-c2nnc(SCC(=O)Nc3ccccc3C(N)=O)n2C(C)C)cs1. The average molecular weight is 416 g/mol. The molecule has 0 atom stereocenters. The van der Waals surface area contributed by atoms with Crippen LogP contribution in [0, 0.1) is 6.92 Å². The van der Waals surface area contributed by atoms with Crippen LogP contribution in [0.1, 0.15) is 35.1 Å². The highest BCUT2D eigenvalue weighted by Gasteiger charge is 2.19. The molecule has 2 aromatic heterocycles. The summed E-state index contributed by atoms with van der Waals surface area (Å²) in [5.74, 6) is 0.103. The molecule has 28 heavy (non-hydrogen) atoms. The second kappa shape index (κ2) is 8.57. The Hall–Kier alpha value is -2.65. The number of amides is 2. The standard InChI is InChI=1S/C19H21N5O2S2/c1-11(2)24-18(13-8-12(3)27-9-13)22-23-19(24)28-10-16(25)21-15-7-5-4-6-14(15)17(20)26/h4-9,11H,10H2,1-3H3,(H2,20,26)(H,21,25). The van der Waals surface area contributed by atoms with Crippen molar-refractivity contribution in [2.45, 2.75) is 32.0 Å². The average Bonchev–Trinajstić information content (AvgIpc) is 3.26. The molecule has 146 valence electrons. The van der Waals surface area contributed by atoms with Gasteiger partial charge >= 0.3 is 0 Å². The molecular weight excluding hydrogens is 394 g/mol. The Bertz CT molecular complexity index is 1010. The molecule has 1 aromatic carbocycles. The number of primary amides is 1. The molecule has 0 aliphatic heterocycles. The lowest BCUT2D eigenvalue weighted by molar-refractivity contribution is -0.113. The van der Waals surface area contributed by atoms with Crippen LogP contribution in [-0.2, 0) is 4.79 Å². The maximum atomic E-state index is 12.4. The normalized spacial score (nSPS) is 11.0. The number of para-hydroxylation sites is 1. The third-order valence-corrected chi connectivity index (χ3v) is 5.77. The molecule has 0 radical (unpaired) electrons. The summed E-state index contributed by atoms with van der Waals surface area (Å²) < 4.78 is 2.02. The van der Waals surface area contributed by atoms with E-state index in [0.717, 1.165) is 11.4 Å². The number of nitrogens with one attached hydrogen (secondary N) is 1. The van der Waals surface area contributed by atoms with E-state index in [-0.39, 0.29) is 23.3 Å². The molecule has 0 saturated carbocycles. The number of thioether (sulfide) groups is 1. The quantitative estimate of drug-likeness (QED) is 0.573. The second-order valence-electron chi connectivity index (χ2n) is 6.46. The summed E-state index contributed by atoms with van der Waals surface area (Å²) in [5, 5.41) is 14.1. The van der Waals surface area contributed by atoms with Crippen LogP contribution in [0.5, 0.6) is 0 Å². The maximum absolute atomic E-state index is 12.4. The molecule has 0 bridgehead atoms. The molecule has 0 aliphatic rings. The number of rotatable bonds is 7. The molecule has 3 rings (SSSR count). The first kappa shape index (κ1) is 20.1. The Balaban J connectivity index is 1.74. The highest BCUT2D eigenvalue weighted by molar-refractivity contribution is 7.99. The van der Waals surface area contributed by atoms with E-state index in [9.17, 15) is 9.59 Å². The molecule has 0 unspecified atom stereocenters. The van der Waals surface area contributed by atoms with Gasteiger partial charge in [0.15, 0.2) is 11.0 Å². The summed E-state index contributed by atoms with van der Waals surface area (Å²) in [6, 6.07) is 8.89. The first-order chi connectivity index (χ1) is 13.4. The van der Waals surface area contributed by atoms with Crippen molar-refractivity contribution in [1.82, 2.24) is 14.8 Å². The number of nitrogens with two attached hydrogens (primary N) is 1. The van der Waals surface area contributed by atoms with Crippen LogP contribution in [0.25, 0.3) is 11.4 Å². The van der Waals surface area contributed by atoms with Crippen LogP contribution >= 0.6 is 23.1 Å². The van der Waals surface area contributed by atoms with Crippen LogP contribution < -0.4 is 11.1 Å². The number of hydrogen-bond acceptors (Lipinski definition) is 6. The summed E-state index contributed by atoms with van der Waals surface area (Å²) >= 11 is 2.97. The Kier molecular flexibility index (Phi) is 6.15. The molecule has 2 heterocycles. The monoisotopic (exact) mass is 415 g/mol. The number of thiophene rings is 1. The first-order valence-electron chi connectivity index (χ1n) is 8.68. The van der Waals surface area contributed by atoms with Crippen LogP contribution in [-0.4, -0.2) is 32.3 Å². The summed E-state index contributed by atoms with van der Waals surface area (Å²) in [5.41, 5.74) is 7.06. The van der Waals surface area contributed by atoms with Crippen molar-refractivity contribution in [3.05, 3.63) is 46.2 Å². The van der Waals surface area contributed by atoms with E-state index in [2.05, 4.69) is 40.8 Å². The van der Waals surface area contributed by atoms with Gasteiger partial charge in [0.1, 0.15) is 0 Å². The van der Waals surface area contributed by atoms with Crippen molar-refractivity contribution >= 4 is 40.6 Å². The minimum Gasteiger partial charge on any atom is -0.366 e. The second-order valence-corrected chi connectivity index (χ2v) is 8.52. The van der Waals surface area contributed by atoms with Crippen molar-refractivity contribution in [3.63, 3.8) is 0 Å². The summed E-state index contributed by atoms with van der Waals surface area (Å²) in [4.78, 5) is 25.1. The van der Waals surface area contributed by atoms with Crippen LogP contribution in [0.4, 0.5) is 5.69 Å². The Morgan fingerprint density at radius 1 is 1.29 bits per heavy atom. The Morgan fingerprint density at radius 2 is 2.04 bits per heavy atom. The minimum atomic E-state index is -0.584. The molecule has 0 spiro atoms. The number of aryl methyl sites for hydroxylation is 1. The minimum absolute atomic E-state index is 0.139. The molecule has 0 aliphatic carbocycles. The van der Waals surface area contributed by atoms with Gasteiger partial charge in [0, 0.05) is 21.9 Å². The van der Waals surface area contributed by atoms with Crippen LogP contribution in [0.2, 0.25) is 0 Å². The molecule has 3 aromatic rings. The molecule has 9 heteroatoms. The van der Waals surface area contributed by atoms with E-state index in [4.69, 9.17) is 5.73 Å². The van der Waals surface area contributed by atoms with Gasteiger partial charge < -0.3 is 11.1 Å². The van der Waals surface area contributed by atoms with Gasteiger partial charge in [0.05, 0.1) is 17.0 Å². The van der Waals surface area contributed by atoms with E-state index in [1.54, 1.807) is 35.6 Å². The number of carbonyl (C=O) groups is 2. The van der Waals surface area contributed by atoms with Gasteiger partial charge in [-0.25, -0.2) is 0 Å². The van der Waals surface area contributed by atoms with E-state index in [1.165, 1.54) is 16.6 Å². The predicted octanol–water partition coefficient (Wildman–Crippen LogP) is 3.73. The number of benzene rings is 1. The van der Waals surface area contributed by atoms with Crippen molar-refractivity contribution < 1.29 is 9.59 Å². The third-order valence-electron chi connectivity index (χ3n) is 3.97. The zero-order valence-electron chi connectivity index (χ0n) is 15.8. The molecule has 7 nitrogen and oxygen atoms in total. The lowest BCUT2D eigenvalue weighted by Crippen LogP contribution is -2.19. The van der Waals surface area contributed by atoms with Crippen molar-refractivity contribution in [2.75, 3.05) is 11.1 Å². The summed E-state index contributed by atoms with van der Waals surface area (Å²) in [6.45, 7) is 6.16. The van der Waals surface area contributed by atoms with Crippen LogP contribution in [0.3, 0.4) is 0 Å². The molecular formula is C19H21N5O2S2. The van der Waals surface area contributed by atoms with Gasteiger partial charge in [0.2, 0.25) is 5.91 Å². The maximum Gasteiger partial charge on any atom is 0.250 e. The van der Waals surface area contributed by atoms with Crippen molar-refractivity contribution in [2.24, 2.45) is 5.73 Å². The largest absolute Gasteiger partial charge is 0.366 e. The summed E-state index contributed by atoms with van der Waals surface area (Å²) in [7, 11) is 0.